The lowest BCUT2D eigenvalue weighted by molar-refractivity contribution is -0.139. The first-order valence-corrected chi connectivity index (χ1v) is 11.8. The van der Waals surface area contributed by atoms with Crippen LogP contribution < -0.4 is 0 Å². The molecule has 1 aromatic heterocycles. The molecule has 0 saturated heterocycles. The first-order chi connectivity index (χ1) is 14.7. The Hall–Kier alpha value is -2.29. The van der Waals surface area contributed by atoms with Crippen LogP contribution in [0.2, 0.25) is 0 Å². The average Bonchev–Trinajstić information content (AvgIpc) is 3.12. The predicted molar refractivity (Wildman–Crippen MR) is 127 cm³/mol. The van der Waals surface area contributed by atoms with Gasteiger partial charge >= 0.3 is 5.97 Å². The normalized spacial score (nSPS) is 11.4. The molecular weight excluding hydrogens is 370 g/mol. The van der Waals surface area contributed by atoms with Crippen molar-refractivity contribution in [2.75, 3.05) is 7.11 Å². The van der Waals surface area contributed by atoms with Crippen molar-refractivity contribution in [2.24, 2.45) is 0 Å². The summed E-state index contributed by atoms with van der Waals surface area (Å²) in [6.45, 7) is 4.50. The summed E-state index contributed by atoms with van der Waals surface area (Å²) < 4.78 is 4.96. The van der Waals surface area contributed by atoms with Gasteiger partial charge in [-0.25, -0.2) is 0 Å². The summed E-state index contributed by atoms with van der Waals surface area (Å²) in [4.78, 5) is 15.6. The van der Waals surface area contributed by atoms with Crippen LogP contribution in [0.5, 0.6) is 0 Å². The topological polar surface area (TPSA) is 42.1 Å². The summed E-state index contributed by atoms with van der Waals surface area (Å²) >= 11 is 0. The number of unbranched alkanes of at least 4 members (excludes halogenated alkanes) is 6. The molecule has 2 aromatic carbocycles. The number of nitrogens with one attached hydrogen (secondary N) is 1. The molecule has 0 radical (unpaired) electrons. The number of aromatic nitrogens is 1. The van der Waals surface area contributed by atoms with Crippen molar-refractivity contribution < 1.29 is 9.53 Å². The molecule has 0 aliphatic heterocycles. The smallest absolute Gasteiger partial charge is 0.310 e. The summed E-state index contributed by atoms with van der Waals surface area (Å²) in [6.07, 6.45) is 12.6. The summed E-state index contributed by atoms with van der Waals surface area (Å²) in [5.74, 6) is -0.185. The van der Waals surface area contributed by atoms with Gasteiger partial charge in [-0.15, -0.1) is 0 Å². The maximum Gasteiger partial charge on any atom is 0.310 e. The molecular formula is C27H37NO2. The van der Waals surface area contributed by atoms with E-state index in [4.69, 9.17) is 4.74 Å². The number of methoxy groups -OCH3 is 1. The standard InChI is InChI=1S/C27H37NO2/c1-4-6-8-10-12-20-14-15-25-23(17-20)24-18-21(13-11-9-7-5-2)16-22(27(24)28-25)19-26(29)30-3/h14-18,28H,4-13,19H2,1-3H3. The van der Waals surface area contributed by atoms with Gasteiger partial charge in [-0.3, -0.25) is 4.79 Å². The number of ether oxygens (including phenoxy) is 1. The van der Waals surface area contributed by atoms with E-state index in [-0.39, 0.29) is 5.97 Å². The monoisotopic (exact) mass is 407 g/mol. The van der Waals surface area contributed by atoms with E-state index in [0.29, 0.717) is 6.42 Å². The summed E-state index contributed by atoms with van der Waals surface area (Å²) in [5.41, 5.74) is 6.01. The van der Waals surface area contributed by atoms with Gasteiger partial charge in [-0.2, -0.15) is 0 Å². The van der Waals surface area contributed by atoms with Crippen molar-refractivity contribution in [3.05, 3.63) is 47.0 Å². The molecule has 0 bridgehead atoms. The molecule has 0 spiro atoms. The third kappa shape index (κ3) is 5.65. The van der Waals surface area contributed by atoms with Crippen molar-refractivity contribution in [1.29, 1.82) is 0 Å². The molecule has 1 N–H and O–H groups in total. The lowest BCUT2D eigenvalue weighted by Crippen LogP contribution is -2.05. The Morgan fingerprint density at radius 3 is 2.17 bits per heavy atom. The third-order valence-electron chi connectivity index (χ3n) is 6.11. The molecule has 3 rings (SSSR count). The number of carbonyl (C=O) groups excluding carboxylic acids is 1. The second kappa shape index (κ2) is 11.2. The van der Waals surface area contributed by atoms with Gasteiger partial charge in [0.05, 0.1) is 19.0 Å². The Labute approximate surface area is 181 Å². The molecule has 30 heavy (non-hydrogen) atoms. The zero-order valence-corrected chi connectivity index (χ0v) is 19.0. The van der Waals surface area contributed by atoms with Crippen LogP contribution in [0.3, 0.4) is 0 Å². The largest absolute Gasteiger partial charge is 0.469 e. The van der Waals surface area contributed by atoms with Gasteiger partial charge in [0.2, 0.25) is 0 Å². The number of carbonyl (C=O) groups is 1. The third-order valence-corrected chi connectivity index (χ3v) is 6.11. The zero-order chi connectivity index (χ0) is 21.3. The van der Waals surface area contributed by atoms with Gasteiger partial charge in [-0.1, -0.05) is 64.5 Å². The fourth-order valence-corrected chi connectivity index (χ4v) is 4.36. The minimum Gasteiger partial charge on any atom is -0.469 e. The van der Waals surface area contributed by atoms with Gasteiger partial charge in [0, 0.05) is 16.3 Å². The van der Waals surface area contributed by atoms with Crippen LogP contribution in [0, 0.1) is 0 Å². The number of aryl methyl sites for hydroxylation is 2. The number of aromatic amines is 1. The zero-order valence-electron chi connectivity index (χ0n) is 19.0. The molecule has 162 valence electrons. The number of hydrogen-bond acceptors (Lipinski definition) is 2. The van der Waals surface area contributed by atoms with Gasteiger partial charge < -0.3 is 9.72 Å². The molecule has 3 aromatic rings. The maximum atomic E-state index is 12.0. The number of hydrogen-bond donors (Lipinski definition) is 1. The van der Waals surface area contributed by atoms with Crippen LogP contribution in [0.15, 0.2) is 30.3 Å². The van der Waals surface area contributed by atoms with E-state index >= 15 is 0 Å². The van der Waals surface area contributed by atoms with Crippen LogP contribution >= 0.6 is 0 Å². The summed E-state index contributed by atoms with van der Waals surface area (Å²) in [5, 5.41) is 2.52. The fourth-order valence-electron chi connectivity index (χ4n) is 4.36. The quantitative estimate of drug-likeness (QED) is 0.253. The van der Waals surface area contributed by atoms with Gasteiger partial charge in [-0.05, 0) is 60.6 Å². The minimum atomic E-state index is -0.185. The van der Waals surface area contributed by atoms with E-state index in [1.54, 1.807) is 0 Å². The molecule has 0 fully saturated rings. The molecule has 0 amide bonds. The Bertz CT molecular complexity index is 970. The number of fused-ring (bicyclic) bond motifs is 3. The Kier molecular flexibility index (Phi) is 8.36. The fraction of sp³-hybridized carbons (Fsp3) is 0.519. The van der Waals surface area contributed by atoms with Crippen LogP contribution in [0.1, 0.15) is 81.9 Å². The number of esters is 1. The number of H-pyrrole nitrogens is 1. The van der Waals surface area contributed by atoms with Gasteiger partial charge in [0.1, 0.15) is 0 Å². The lowest BCUT2D eigenvalue weighted by Gasteiger charge is -2.08. The molecule has 0 aliphatic rings. The van der Waals surface area contributed by atoms with E-state index in [1.165, 1.54) is 80.4 Å². The highest BCUT2D eigenvalue weighted by molar-refractivity contribution is 6.09. The van der Waals surface area contributed by atoms with Crippen molar-refractivity contribution >= 4 is 27.8 Å². The van der Waals surface area contributed by atoms with Crippen LogP contribution in [-0.4, -0.2) is 18.1 Å². The highest BCUT2D eigenvalue weighted by atomic mass is 16.5. The van der Waals surface area contributed by atoms with Crippen molar-refractivity contribution in [3.63, 3.8) is 0 Å². The van der Waals surface area contributed by atoms with Crippen molar-refractivity contribution in [2.45, 2.75) is 84.5 Å². The highest BCUT2D eigenvalue weighted by Crippen LogP contribution is 2.31. The SMILES string of the molecule is CCCCCCc1ccc2[nH]c3c(CC(=O)OC)cc(CCCCCC)cc3c2c1. The Morgan fingerprint density at radius 1 is 0.833 bits per heavy atom. The van der Waals surface area contributed by atoms with Crippen LogP contribution in [-0.2, 0) is 28.8 Å². The van der Waals surface area contributed by atoms with Gasteiger partial charge in [0.15, 0.2) is 0 Å². The number of rotatable bonds is 12. The van der Waals surface area contributed by atoms with E-state index in [2.05, 4.69) is 49.2 Å². The summed E-state index contributed by atoms with van der Waals surface area (Å²) in [7, 11) is 1.46. The first-order valence-electron chi connectivity index (χ1n) is 11.8. The van der Waals surface area contributed by atoms with Crippen LogP contribution in [0.25, 0.3) is 21.8 Å². The summed E-state index contributed by atoms with van der Waals surface area (Å²) in [6, 6.07) is 11.3. The predicted octanol–water partition coefficient (Wildman–Crippen LogP) is 7.28. The minimum absolute atomic E-state index is 0.185. The Morgan fingerprint density at radius 2 is 1.50 bits per heavy atom. The van der Waals surface area contributed by atoms with E-state index in [9.17, 15) is 4.79 Å². The lowest BCUT2D eigenvalue weighted by atomic mass is 9.98. The molecule has 0 aliphatic carbocycles. The second-order valence-electron chi connectivity index (χ2n) is 8.56. The highest BCUT2D eigenvalue weighted by Gasteiger charge is 2.14. The maximum absolute atomic E-state index is 12.0. The first kappa shape index (κ1) is 22.4. The van der Waals surface area contributed by atoms with E-state index in [0.717, 1.165) is 29.4 Å². The van der Waals surface area contributed by atoms with E-state index < -0.39 is 0 Å². The molecule has 0 atom stereocenters. The molecule has 0 unspecified atom stereocenters. The van der Waals surface area contributed by atoms with Crippen molar-refractivity contribution in [3.8, 4) is 0 Å². The van der Waals surface area contributed by atoms with E-state index in [1.807, 2.05) is 0 Å². The Balaban J connectivity index is 1.95. The molecule has 1 heterocycles. The molecule has 3 heteroatoms. The van der Waals surface area contributed by atoms with Crippen LogP contribution in [0.4, 0.5) is 0 Å². The van der Waals surface area contributed by atoms with Crippen molar-refractivity contribution in [1.82, 2.24) is 4.98 Å². The second-order valence-corrected chi connectivity index (χ2v) is 8.56. The number of benzene rings is 2. The average molecular weight is 408 g/mol. The molecule has 3 nitrogen and oxygen atoms in total. The molecule has 0 saturated carbocycles. The van der Waals surface area contributed by atoms with Gasteiger partial charge in [0.25, 0.3) is 0 Å².